The smallest absolute Gasteiger partial charge is 0.389 e. The van der Waals surface area contributed by atoms with E-state index in [1.165, 1.54) is 6.42 Å². The van der Waals surface area contributed by atoms with Crippen LogP contribution in [-0.4, -0.2) is 16.9 Å². The molecule has 1 nitrogen and oxygen atoms in total. The summed E-state index contributed by atoms with van der Waals surface area (Å²) < 4.78 is 36.6. The summed E-state index contributed by atoms with van der Waals surface area (Å²) in [6.45, 7) is 0. The summed E-state index contributed by atoms with van der Waals surface area (Å²) in [6, 6.07) is 0. The molecule has 0 spiro atoms. The van der Waals surface area contributed by atoms with Crippen molar-refractivity contribution >= 4 is 0 Å². The van der Waals surface area contributed by atoms with Gasteiger partial charge >= 0.3 is 6.18 Å². The molecule has 0 aliphatic heterocycles. The number of hydrogen-bond acceptors (Lipinski definition) is 1. The van der Waals surface area contributed by atoms with Crippen LogP contribution in [0, 0.1) is 23.7 Å². The van der Waals surface area contributed by atoms with Crippen molar-refractivity contribution in [2.45, 2.75) is 63.1 Å². The molecule has 0 heterocycles. The normalized spacial score (nSPS) is 46.7. The summed E-state index contributed by atoms with van der Waals surface area (Å²) in [5.41, 5.74) is -0.779. The van der Waals surface area contributed by atoms with Gasteiger partial charge in [-0.3, -0.25) is 0 Å². The Morgan fingerprint density at radius 2 is 1.44 bits per heavy atom. The van der Waals surface area contributed by atoms with Crippen LogP contribution >= 0.6 is 0 Å². The van der Waals surface area contributed by atoms with E-state index in [0.29, 0.717) is 6.42 Å². The van der Waals surface area contributed by atoms with Gasteiger partial charge in [0.2, 0.25) is 0 Å². The van der Waals surface area contributed by atoms with Crippen molar-refractivity contribution < 1.29 is 18.3 Å². The molecule has 18 heavy (non-hydrogen) atoms. The minimum atomic E-state index is -4.08. The number of alkyl halides is 3. The van der Waals surface area contributed by atoms with E-state index in [-0.39, 0.29) is 18.3 Å². The topological polar surface area (TPSA) is 20.2 Å². The minimum absolute atomic E-state index is 0.0856. The van der Waals surface area contributed by atoms with E-state index in [1.807, 2.05) is 0 Å². The molecular weight excluding hydrogens is 241 g/mol. The van der Waals surface area contributed by atoms with E-state index < -0.39 is 18.2 Å². The van der Waals surface area contributed by atoms with Crippen LogP contribution in [0.2, 0.25) is 0 Å². The van der Waals surface area contributed by atoms with Gasteiger partial charge in [0.1, 0.15) is 0 Å². The Balaban J connectivity index is 1.63. The Morgan fingerprint density at radius 3 is 1.89 bits per heavy atom. The lowest BCUT2D eigenvalue weighted by Crippen LogP contribution is -2.57. The van der Waals surface area contributed by atoms with E-state index in [1.54, 1.807) is 0 Å². The van der Waals surface area contributed by atoms with Gasteiger partial charge < -0.3 is 5.11 Å². The molecule has 4 heteroatoms. The standard InChI is InChI=1S/C14H21F3O/c15-14(16,17)3-1-2-13(18)11-5-9-4-10(7-11)8-12(13)6-9/h9-12,18H,1-8H2. The van der Waals surface area contributed by atoms with E-state index in [0.717, 1.165) is 37.5 Å². The Morgan fingerprint density at radius 1 is 0.944 bits per heavy atom. The molecule has 0 saturated heterocycles. The van der Waals surface area contributed by atoms with Crippen LogP contribution in [0.25, 0.3) is 0 Å². The molecule has 4 fully saturated rings. The molecule has 0 amide bonds. The fourth-order valence-corrected chi connectivity index (χ4v) is 4.98. The van der Waals surface area contributed by atoms with Gasteiger partial charge in [-0.15, -0.1) is 0 Å². The highest BCUT2D eigenvalue weighted by Gasteiger charge is 2.56. The summed E-state index contributed by atoms with van der Waals surface area (Å²) in [5, 5.41) is 10.8. The predicted octanol–water partition coefficient (Wildman–Crippen LogP) is 3.91. The first kappa shape index (κ1) is 12.8. The Hall–Kier alpha value is -0.250. The molecule has 0 atom stereocenters. The van der Waals surface area contributed by atoms with Crippen LogP contribution in [-0.2, 0) is 0 Å². The lowest BCUT2D eigenvalue weighted by atomic mass is 9.49. The van der Waals surface area contributed by atoms with Gasteiger partial charge in [0, 0.05) is 6.42 Å². The van der Waals surface area contributed by atoms with Crippen molar-refractivity contribution in [2.75, 3.05) is 0 Å². The second-order valence-electron chi connectivity index (χ2n) is 6.76. The molecule has 0 aromatic heterocycles. The molecule has 4 bridgehead atoms. The summed E-state index contributed by atoms with van der Waals surface area (Å²) >= 11 is 0. The zero-order valence-electron chi connectivity index (χ0n) is 10.5. The van der Waals surface area contributed by atoms with Crippen molar-refractivity contribution in [3.05, 3.63) is 0 Å². The predicted molar refractivity (Wildman–Crippen MR) is 61.9 cm³/mol. The summed E-state index contributed by atoms with van der Waals surface area (Å²) in [5.74, 6) is 2.05. The third-order valence-corrected chi connectivity index (χ3v) is 5.59. The average Bonchev–Trinajstić information content (AvgIpc) is 2.23. The minimum Gasteiger partial charge on any atom is -0.389 e. The Bertz CT molecular complexity index is 295. The molecular formula is C14H21F3O. The maximum atomic E-state index is 12.2. The van der Waals surface area contributed by atoms with Crippen molar-refractivity contribution in [3.63, 3.8) is 0 Å². The maximum Gasteiger partial charge on any atom is 0.389 e. The summed E-state index contributed by atoms with van der Waals surface area (Å²) in [7, 11) is 0. The van der Waals surface area contributed by atoms with Crippen LogP contribution in [0.3, 0.4) is 0 Å². The second-order valence-corrected chi connectivity index (χ2v) is 6.76. The molecule has 0 aromatic carbocycles. The highest BCUT2D eigenvalue weighted by molar-refractivity contribution is 5.06. The fourth-order valence-electron chi connectivity index (χ4n) is 4.98. The van der Waals surface area contributed by atoms with Crippen LogP contribution in [0.1, 0.15) is 51.4 Å². The Labute approximate surface area is 106 Å². The van der Waals surface area contributed by atoms with E-state index in [2.05, 4.69) is 0 Å². The SMILES string of the molecule is OC1(CCCC(F)(F)F)C2CC3CC(C2)CC1C3. The first-order valence-electron chi connectivity index (χ1n) is 7.16. The number of hydrogen-bond donors (Lipinski definition) is 1. The highest BCUT2D eigenvalue weighted by Crippen LogP contribution is 2.59. The van der Waals surface area contributed by atoms with Gasteiger partial charge in [-0.25, -0.2) is 0 Å². The molecule has 0 aromatic rings. The van der Waals surface area contributed by atoms with Crippen LogP contribution in [0.15, 0.2) is 0 Å². The van der Waals surface area contributed by atoms with E-state index >= 15 is 0 Å². The van der Waals surface area contributed by atoms with E-state index in [4.69, 9.17) is 0 Å². The lowest BCUT2D eigenvalue weighted by molar-refractivity contribution is -0.183. The van der Waals surface area contributed by atoms with E-state index in [9.17, 15) is 18.3 Å². The molecule has 104 valence electrons. The molecule has 4 rings (SSSR count). The molecule has 4 saturated carbocycles. The van der Waals surface area contributed by atoms with Gasteiger partial charge in [0.05, 0.1) is 5.60 Å². The zero-order chi connectivity index (χ0) is 13.0. The van der Waals surface area contributed by atoms with Gasteiger partial charge in [-0.05, 0) is 68.6 Å². The lowest BCUT2D eigenvalue weighted by Gasteiger charge is -2.59. The molecule has 0 unspecified atom stereocenters. The third kappa shape index (κ3) is 2.17. The quantitative estimate of drug-likeness (QED) is 0.817. The summed E-state index contributed by atoms with van der Waals surface area (Å²) in [4.78, 5) is 0. The zero-order valence-corrected chi connectivity index (χ0v) is 10.5. The molecule has 4 aliphatic carbocycles. The van der Waals surface area contributed by atoms with Gasteiger partial charge in [0.15, 0.2) is 0 Å². The number of halogens is 3. The Kier molecular flexibility index (Phi) is 2.92. The van der Waals surface area contributed by atoms with Gasteiger partial charge in [-0.2, -0.15) is 13.2 Å². The third-order valence-electron chi connectivity index (χ3n) is 5.59. The van der Waals surface area contributed by atoms with Crippen molar-refractivity contribution in [1.82, 2.24) is 0 Å². The number of rotatable bonds is 3. The second kappa shape index (κ2) is 4.12. The largest absolute Gasteiger partial charge is 0.389 e. The van der Waals surface area contributed by atoms with Crippen LogP contribution in [0.4, 0.5) is 13.2 Å². The highest BCUT2D eigenvalue weighted by atomic mass is 19.4. The molecule has 1 N–H and O–H groups in total. The molecule has 4 aliphatic rings. The van der Waals surface area contributed by atoms with Crippen molar-refractivity contribution in [1.29, 1.82) is 0 Å². The number of aliphatic hydroxyl groups is 1. The molecule has 0 radical (unpaired) electrons. The average molecular weight is 262 g/mol. The van der Waals surface area contributed by atoms with Crippen molar-refractivity contribution in [3.8, 4) is 0 Å². The maximum absolute atomic E-state index is 12.2. The first-order valence-corrected chi connectivity index (χ1v) is 7.16. The summed E-state index contributed by atoms with van der Waals surface area (Å²) in [6.07, 6.45) is 1.11. The monoisotopic (exact) mass is 262 g/mol. The van der Waals surface area contributed by atoms with Crippen molar-refractivity contribution in [2.24, 2.45) is 23.7 Å². The van der Waals surface area contributed by atoms with Crippen LogP contribution < -0.4 is 0 Å². The van der Waals surface area contributed by atoms with Crippen LogP contribution in [0.5, 0.6) is 0 Å². The first-order chi connectivity index (χ1) is 8.37. The van der Waals surface area contributed by atoms with Gasteiger partial charge in [-0.1, -0.05) is 0 Å². The fraction of sp³-hybridized carbons (Fsp3) is 1.00. The van der Waals surface area contributed by atoms with Gasteiger partial charge in [0.25, 0.3) is 0 Å².